The van der Waals surface area contributed by atoms with Crippen molar-refractivity contribution in [1.82, 2.24) is 4.90 Å². The maximum atomic E-state index is 11.1. The second-order valence-electron chi connectivity index (χ2n) is 2.94. The molecule has 0 spiro atoms. The number of carbonyl (C=O) groups is 2. The highest BCUT2D eigenvalue weighted by Gasteiger charge is 2.19. The lowest BCUT2D eigenvalue weighted by atomic mass is 10.3. The third-order valence-electron chi connectivity index (χ3n) is 1.97. The Hall–Kier alpha value is -0.570. The van der Waals surface area contributed by atoms with Gasteiger partial charge in [0.2, 0.25) is 11.1 Å². The van der Waals surface area contributed by atoms with Gasteiger partial charge in [0.25, 0.3) is 0 Å². The summed E-state index contributed by atoms with van der Waals surface area (Å²) >= 11 is 5.16. The zero-order valence-corrected chi connectivity index (χ0v) is 7.64. The average molecular weight is 190 g/mol. The molecule has 0 unspecified atom stereocenters. The van der Waals surface area contributed by atoms with Crippen LogP contribution in [0.5, 0.6) is 0 Å². The van der Waals surface area contributed by atoms with Gasteiger partial charge in [-0.2, -0.15) is 0 Å². The number of carbonyl (C=O) groups excluding carboxylic acids is 2. The minimum atomic E-state index is -0.318. The Labute approximate surface area is 76.7 Å². The molecule has 0 saturated carbocycles. The first-order chi connectivity index (χ1) is 5.70. The largest absolute Gasteiger partial charge is 0.343 e. The van der Waals surface area contributed by atoms with Gasteiger partial charge >= 0.3 is 0 Å². The molecule has 0 aromatic carbocycles. The van der Waals surface area contributed by atoms with Crippen LogP contribution in [0.1, 0.15) is 25.7 Å². The molecule has 1 heterocycles. The highest BCUT2D eigenvalue weighted by molar-refractivity contribution is 6.63. The number of hydrogen-bond acceptors (Lipinski definition) is 2. The van der Waals surface area contributed by atoms with E-state index in [4.69, 9.17) is 11.6 Å². The lowest BCUT2D eigenvalue weighted by molar-refractivity contribution is -0.128. The lowest BCUT2D eigenvalue weighted by Gasteiger charge is -2.13. The van der Waals surface area contributed by atoms with Crippen molar-refractivity contribution in [3.8, 4) is 0 Å². The Bertz CT molecular complexity index is 193. The SMILES string of the molecule is O=C(Cl)CCCN1CCCC1=O. The Balaban J connectivity index is 2.14. The van der Waals surface area contributed by atoms with Crippen molar-refractivity contribution in [2.45, 2.75) is 25.7 Å². The summed E-state index contributed by atoms with van der Waals surface area (Å²) in [4.78, 5) is 23.2. The number of halogens is 1. The molecule has 1 saturated heterocycles. The highest BCUT2D eigenvalue weighted by atomic mass is 35.5. The van der Waals surface area contributed by atoms with Gasteiger partial charge in [-0.25, -0.2) is 0 Å². The van der Waals surface area contributed by atoms with Crippen LogP contribution in [0.25, 0.3) is 0 Å². The molecule has 12 heavy (non-hydrogen) atoms. The van der Waals surface area contributed by atoms with Crippen molar-refractivity contribution in [3.63, 3.8) is 0 Å². The van der Waals surface area contributed by atoms with Crippen LogP contribution >= 0.6 is 11.6 Å². The summed E-state index contributed by atoms with van der Waals surface area (Å²) in [6.45, 7) is 1.52. The Morgan fingerprint density at radius 3 is 2.83 bits per heavy atom. The molecular formula is C8H12ClNO2. The molecule has 0 aliphatic carbocycles. The second-order valence-corrected chi connectivity index (χ2v) is 3.36. The van der Waals surface area contributed by atoms with Gasteiger partial charge < -0.3 is 4.90 Å². The molecule has 68 valence electrons. The Morgan fingerprint density at radius 2 is 2.33 bits per heavy atom. The van der Waals surface area contributed by atoms with Gasteiger partial charge in [0.05, 0.1) is 0 Å². The number of likely N-dealkylation sites (tertiary alicyclic amines) is 1. The van der Waals surface area contributed by atoms with Crippen LogP contribution in [0.2, 0.25) is 0 Å². The molecule has 0 N–H and O–H groups in total. The van der Waals surface area contributed by atoms with Crippen molar-refractivity contribution >= 4 is 22.8 Å². The molecule has 0 aromatic heterocycles. The van der Waals surface area contributed by atoms with E-state index >= 15 is 0 Å². The van der Waals surface area contributed by atoms with E-state index in [1.54, 1.807) is 4.90 Å². The van der Waals surface area contributed by atoms with Gasteiger partial charge in [0, 0.05) is 25.9 Å². The molecule has 0 bridgehead atoms. The molecular weight excluding hydrogens is 178 g/mol. The van der Waals surface area contributed by atoms with Gasteiger partial charge in [-0.15, -0.1) is 0 Å². The van der Waals surface area contributed by atoms with E-state index in [-0.39, 0.29) is 11.1 Å². The van der Waals surface area contributed by atoms with Crippen molar-refractivity contribution in [3.05, 3.63) is 0 Å². The van der Waals surface area contributed by atoms with E-state index in [9.17, 15) is 9.59 Å². The Kier molecular flexibility index (Phi) is 3.53. The van der Waals surface area contributed by atoms with Crippen LogP contribution < -0.4 is 0 Å². The lowest BCUT2D eigenvalue weighted by Crippen LogP contribution is -2.25. The summed E-state index contributed by atoms with van der Waals surface area (Å²) in [7, 11) is 0. The van der Waals surface area contributed by atoms with E-state index in [2.05, 4.69) is 0 Å². The van der Waals surface area contributed by atoms with Crippen LogP contribution in [0.4, 0.5) is 0 Å². The molecule has 1 fully saturated rings. The predicted molar refractivity (Wildman–Crippen MR) is 45.9 cm³/mol. The molecule has 1 aliphatic heterocycles. The first-order valence-electron chi connectivity index (χ1n) is 4.16. The summed E-state index contributed by atoms with van der Waals surface area (Å²) < 4.78 is 0. The van der Waals surface area contributed by atoms with Gasteiger partial charge in [-0.05, 0) is 24.4 Å². The maximum Gasteiger partial charge on any atom is 0.222 e. The van der Waals surface area contributed by atoms with Gasteiger partial charge in [0.15, 0.2) is 0 Å². The smallest absolute Gasteiger partial charge is 0.222 e. The minimum absolute atomic E-state index is 0.206. The van der Waals surface area contributed by atoms with Crippen molar-refractivity contribution in [2.75, 3.05) is 13.1 Å². The van der Waals surface area contributed by atoms with Gasteiger partial charge in [0.1, 0.15) is 0 Å². The van der Waals surface area contributed by atoms with Crippen molar-refractivity contribution < 1.29 is 9.59 Å². The number of amides is 1. The quantitative estimate of drug-likeness (QED) is 0.623. The number of rotatable bonds is 4. The highest BCUT2D eigenvalue weighted by Crippen LogP contribution is 2.10. The van der Waals surface area contributed by atoms with Crippen LogP contribution in [0, 0.1) is 0 Å². The average Bonchev–Trinajstić information content (AvgIpc) is 2.36. The van der Waals surface area contributed by atoms with Crippen LogP contribution in [0.3, 0.4) is 0 Å². The van der Waals surface area contributed by atoms with Crippen LogP contribution in [-0.2, 0) is 9.59 Å². The molecule has 1 amide bonds. The minimum Gasteiger partial charge on any atom is -0.343 e. The number of nitrogens with zero attached hydrogens (tertiary/aromatic N) is 1. The van der Waals surface area contributed by atoms with E-state index in [0.717, 1.165) is 13.0 Å². The van der Waals surface area contributed by atoms with Gasteiger partial charge in [-0.1, -0.05) is 0 Å². The summed E-state index contributed by atoms with van der Waals surface area (Å²) in [6.07, 6.45) is 2.67. The standard InChI is InChI=1S/C8H12ClNO2/c9-7(11)3-1-5-10-6-2-4-8(10)12/h1-6H2. The zero-order chi connectivity index (χ0) is 8.97. The normalized spacial score (nSPS) is 17.1. The molecule has 0 atom stereocenters. The molecule has 1 rings (SSSR count). The molecule has 4 heteroatoms. The maximum absolute atomic E-state index is 11.1. The Morgan fingerprint density at radius 1 is 1.58 bits per heavy atom. The van der Waals surface area contributed by atoms with E-state index in [0.29, 0.717) is 25.8 Å². The summed E-state index contributed by atoms with van der Waals surface area (Å²) in [5.41, 5.74) is 0. The predicted octanol–water partition coefficient (Wildman–Crippen LogP) is 1.15. The van der Waals surface area contributed by atoms with Crippen LogP contribution in [-0.4, -0.2) is 29.1 Å². The summed E-state index contributed by atoms with van der Waals surface area (Å²) in [5, 5.41) is -0.318. The van der Waals surface area contributed by atoms with Crippen molar-refractivity contribution in [1.29, 1.82) is 0 Å². The molecule has 3 nitrogen and oxygen atoms in total. The second kappa shape index (κ2) is 4.45. The number of hydrogen-bond donors (Lipinski definition) is 0. The third kappa shape index (κ3) is 2.81. The first-order valence-corrected chi connectivity index (χ1v) is 4.54. The third-order valence-corrected chi connectivity index (χ3v) is 2.16. The summed E-state index contributed by atoms with van der Waals surface area (Å²) in [6, 6.07) is 0. The molecule has 1 aliphatic rings. The van der Waals surface area contributed by atoms with Crippen molar-refractivity contribution in [2.24, 2.45) is 0 Å². The summed E-state index contributed by atoms with van der Waals surface area (Å²) in [5.74, 6) is 0.206. The zero-order valence-electron chi connectivity index (χ0n) is 6.88. The van der Waals surface area contributed by atoms with E-state index in [1.807, 2.05) is 0 Å². The fourth-order valence-electron chi connectivity index (χ4n) is 1.35. The van der Waals surface area contributed by atoms with E-state index in [1.165, 1.54) is 0 Å². The van der Waals surface area contributed by atoms with Gasteiger partial charge in [-0.3, -0.25) is 9.59 Å². The van der Waals surface area contributed by atoms with E-state index < -0.39 is 0 Å². The molecule has 0 radical (unpaired) electrons. The molecule has 0 aromatic rings. The fraction of sp³-hybridized carbons (Fsp3) is 0.750. The monoisotopic (exact) mass is 189 g/mol. The fourth-order valence-corrected chi connectivity index (χ4v) is 1.48. The topological polar surface area (TPSA) is 37.4 Å². The van der Waals surface area contributed by atoms with Crippen LogP contribution in [0.15, 0.2) is 0 Å². The first kappa shape index (κ1) is 9.52.